The van der Waals surface area contributed by atoms with E-state index in [0.717, 1.165) is 30.6 Å². The van der Waals surface area contributed by atoms with Crippen molar-refractivity contribution in [2.24, 2.45) is 0 Å². The molecule has 0 saturated heterocycles. The second-order valence-electron chi connectivity index (χ2n) is 4.79. The van der Waals surface area contributed by atoms with Gasteiger partial charge in [-0.3, -0.25) is 9.59 Å². The molecular formula is C12H20F2N2O2. The molecule has 0 bridgehead atoms. The Balaban J connectivity index is 2.46. The Morgan fingerprint density at radius 1 is 1.17 bits per heavy atom. The molecule has 0 aromatic heterocycles. The predicted octanol–water partition coefficient (Wildman–Crippen LogP) is 1.50. The highest BCUT2D eigenvalue weighted by atomic mass is 19.3. The molecule has 0 N–H and O–H groups in total. The molecule has 0 spiro atoms. The predicted molar refractivity (Wildman–Crippen MR) is 63.3 cm³/mol. The van der Waals surface area contributed by atoms with E-state index in [2.05, 4.69) is 0 Å². The van der Waals surface area contributed by atoms with Gasteiger partial charge in [0, 0.05) is 20.1 Å². The summed E-state index contributed by atoms with van der Waals surface area (Å²) >= 11 is 0. The topological polar surface area (TPSA) is 40.6 Å². The number of hydrogen-bond donors (Lipinski definition) is 0. The van der Waals surface area contributed by atoms with E-state index in [4.69, 9.17) is 0 Å². The van der Waals surface area contributed by atoms with Crippen LogP contribution >= 0.6 is 0 Å². The van der Waals surface area contributed by atoms with E-state index in [0.29, 0.717) is 0 Å². The zero-order chi connectivity index (χ0) is 13.7. The Bertz CT molecular complexity index is 304. The Hall–Kier alpha value is -1.20. The molecule has 104 valence electrons. The highest BCUT2D eigenvalue weighted by Gasteiger charge is 2.26. The number of likely N-dealkylation sites (N-methyl/N-ethyl adjacent to an activating group) is 2. The number of carbonyl (C=O) groups excluding carboxylic acids is 2. The van der Waals surface area contributed by atoms with E-state index in [9.17, 15) is 18.4 Å². The molecule has 0 atom stereocenters. The molecule has 1 aliphatic rings. The first-order chi connectivity index (χ1) is 8.43. The van der Waals surface area contributed by atoms with Gasteiger partial charge in [0.25, 0.3) is 5.91 Å². The van der Waals surface area contributed by atoms with Gasteiger partial charge in [0.05, 0.1) is 6.54 Å². The third kappa shape index (κ3) is 3.92. The van der Waals surface area contributed by atoms with Crippen LogP contribution in [0.15, 0.2) is 0 Å². The molecule has 0 radical (unpaired) electrons. The van der Waals surface area contributed by atoms with Crippen molar-refractivity contribution in [3.05, 3.63) is 0 Å². The first-order valence-electron chi connectivity index (χ1n) is 6.22. The van der Waals surface area contributed by atoms with Crippen LogP contribution in [-0.4, -0.2) is 54.7 Å². The second-order valence-corrected chi connectivity index (χ2v) is 4.79. The van der Waals surface area contributed by atoms with Gasteiger partial charge >= 0.3 is 6.43 Å². The van der Waals surface area contributed by atoms with Gasteiger partial charge in [0.1, 0.15) is 0 Å². The van der Waals surface area contributed by atoms with E-state index in [1.165, 1.54) is 13.5 Å². The summed E-state index contributed by atoms with van der Waals surface area (Å²) in [6.07, 6.45) is 2.22. The number of carbonyl (C=O) groups is 2. The highest BCUT2D eigenvalue weighted by molar-refractivity contribution is 5.86. The summed E-state index contributed by atoms with van der Waals surface area (Å²) in [6, 6.07) is 0.182. The summed E-state index contributed by atoms with van der Waals surface area (Å²) < 4.78 is 24.3. The maximum absolute atomic E-state index is 12.2. The lowest BCUT2D eigenvalue weighted by molar-refractivity contribution is -0.146. The van der Waals surface area contributed by atoms with Gasteiger partial charge in [0.2, 0.25) is 5.91 Å². The number of rotatable bonds is 4. The van der Waals surface area contributed by atoms with Crippen LogP contribution in [-0.2, 0) is 9.59 Å². The molecular weight excluding hydrogens is 242 g/mol. The SMILES string of the molecule is CN(CC(=O)N(C)C1CCCCC1)C(=O)C(F)F. The molecule has 6 heteroatoms. The average molecular weight is 262 g/mol. The summed E-state index contributed by atoms with van der Waals surface area (Å²) in [5.74, 6) is -1.58. The number of amides is 2. The van der Waals surface area contributed by atoms with Crippen molar-refractivity contribution >= 4 is 11.8 Å². The Labute approximate surface area is 106 Å². The fourth-order valence-electron chi connectivity index (χ4n) is 2.23. The van der Waals surface area contributed by atoms with Gasteiger partial charge in [-0.15, -0.1) is 0 Å². The van der Waals surface area contributed by atoms with Crippen LogP contribution in [0.5, 0.6) is 0 Å². The molecule has 0 aromatic rings. The molecule has 1 saturated carbocycles. The third-order valence-electron chi connectivity index (χ3n) is 3.45. The van der Waals surface area contributed by atoms with Crippen molar-refractivity contribution < 1.29 is 18.4 Å². The molecule has 1 rings (SSSR count). The van der Waals surface area contributed by atoms with Crippen molar-refractivity contribution in [2.45, 2.75) is 44.6 Å². The Kier molecular flexibility index (Phi) is 5.50. The van der Waals surface area contributed by atoms with Crippen molar-refractivity contribution in [3.8, 4) is 0 Å². The molecule has 0 aliphatic heterocycles. The van der Waals surface area contributed by atoms with Gasteiger partial charge < -0.3 is 9.80 Å². The Morgan fingerprint density at radius 2 is 1.72 bits per heavy atom. The smallest absolute Gasteiger partial charge is 0.315 e. The monoisotopic (exact) mass is 262 g/mol. The summed E-state index contributed by atoms with van der Waals surface area (Å²) in [7, 11) is 2.90. The molecule has 2 amide bonds. The summed E-state index contributed by atoms with van der Waals surface area (Å²) in [4.78, 5) is 25.2. The lowest BCUT2D eigenvalue weighted by Crippen LogP contribution is -2.45. The van der Waals surface area contributed by atoms with E-state index >= 15 is 0 Å². The molecule has 0 heterocycles. The van der Waals surface area contributed by atoms with Crippen LogP contribution in [0.4, 0.5) is 8.78 Å². The highest BCUT2D eigenvalue weighted by Crippen LogP contribution is 2.21. The van der Waals surface area contributed by atoms with Gasteiger partial charge in [-0.1, -0.05) is 19.3 Å². The Morgan fingerprint density at radius 3 is 2.22 bits per heavy atom. The van der Waals surface area contributed by atoms with Gasteiger partial charge in [-0.25, -0.2) is 0 Å². The first kappa shape index (κ1) is 14.9. The molecule has 0 aromatic carbocycles. The average Bonchev–Trinajstić information content (AvgIpc) is 2.37. The van der Waals surface area contributed by atoms with Crippen LogP contribution in [0.3, 0.4) is 0 Å². The number of nitrogens with zero attached hydrogens (tertiary/aromatic N) is 2. The van der Waals surface area contributed by atoms with Crippen LogP contribution < -0.4 is 0 Å². The van der Waals surface area contributed by atoms with Crippen LogP contribution in [0.25, 0.3) is 0 Å². The first-order valence-corrected chi connectivity index (χ1v) is 6.22. The number of hydrogen-bond acceptors (Lipinski definition) is 2. The maximum atomic E-state index is 12.2. The van der Waals surface area contributed by atoms with Crippen molar-refractivity contribution in [2.75, 3.05) is 20.6 Å². The molecule has 1 fully saturated rings. The van der Waals surface area contributed by atoms with E-state index in [-0.39, 0.29) is 18.5 Å². The minimum Gasteiger partial charge on any atom is -0.341 e. The van der Waals surface area contributed by atoms with Gasteiger partial charge in [0.15, 0.2) is 0 Å². The molecule has 0 unspecified atom stereocenters. The quantitative estimate of drug-likeness (QED) is 0.770. The summed E-state index contributed by atoms with van der Waals surface area (Å²) in [5, 5.41) is 0. The lowest BCUT2D eigenvalue weighted by Gasteiger charge is -2.32. The normalized spacial score (nSPS) is 16.7. The third-order valence-corrected chi connectivity index (χ3v) is 3.45. The van der Waals surface area contributed by atoms with E-state index < -0.39 is 12.3 Å². The fraction of sp³-hybridized carbons (Fsp3) is 0.833. The minimum atomic E-state index is -3.05. The lowest BCUT2D eigenvalue weighted by atomic mass is 9.94. The van der Waals surface area contributed by atoms with E-state index in [1.807, 2.05) is 0 Å². The maximum Gasteiger partial charge on any atom is 0.315 e. The van der Waals surface area contributed by atoms with Crippen molar-refractivity contribution in [1.29, 1.82) is 0 Å². The summed E-state index contributed by atoms with van der Waals surface area (Å²) in [6.45, 7) is -0.282. The zero-order valence-corrected chi connectivity index (χ0v) is 10.9. The molecule has 4 nitrogen and oxygen atoms in total. The van der Waals surface area contributed by atoms with E-state index in [1.54, 1.807) is 11.9 Å². The van der Waals surface area contributed by atoms with Crippen molar-refractivity contribution in [3.63, 3.8) is 0 Å². The number of halogens is 2. The van der Waals surface area contributed by atoms with Crippen LogP contribution in [0.2, 0.25) is 0 Å². The van der Waals surface area contributed by atoms with Crippen molar-refractivity contribution in [1.82, 2.24) is 9.80 Å². The zero-order valence-electron chi connectivity index (χ0n) is 10.9. The summed E-state index contributed by atoms with van der Waals surface area (Å²) in [5.41, 5.74) is 0. The minimum absolute atomic E-state index is 0.182. The van der Waals surface area contributed by atoms with Gasteiger partial charge in [-0.05, 0) is 12.8 Å². The fourth-order valence-corrected chi connectivity index (χ4v) is 2.23. The van der Waals surface area contributed by atoms with Gasteiger partial charge in [-0.2, -0.15) is 8.78 Å². The molecule has 1 aliphatic carbocycles. The second kappa shape index (κ2) is 6.66. The number of alkyl halides is 2. The largest absolute Gasteiger partial charge is 0.341 e. The standard InChI is InChI=1S/C12H20F2N2O2/c1-15(12(18)11(13)14)8-10(17)16(2)9-6-4-3-5-7-9/h9,11H,3-8H2,1-2H3. The molecule has 18 heavy (non-hydrogen) atoms. The van der Waals surface area contributed by atoms with Crippen LogP contribution in [0.1, 0.15) is 32.1 Å². The van der Waals surface area contributed by atoms with Crippen LogP contribution in [0, 0.1) is 0 Å².